The highest BCUT2D eigenvalue weighted by Crippen LogP contribution is 2.35. The molecular weight excluding hydrogens is 326 g/mol. The summed E-state index contributed by atoms with van der Waals surface area (Å²) in [5, 5.41) is 0. The summed E-state index contributed by atoms with van der Waals surface area (Å²) in [5.41, 5.74) is 1.95. The van der Waals surface area contributed by atoms with E-state index in [1.54, 1.807) is 13.1 Å². The van der Waals surface area contributed by atoms with Gasteiger partial charge in [-0.3, -0.25) is 14.7 Å². The number of hydrogen-bond donors (Lipinski definition) is 0. The normalized spacial score (nSPS) is 23.2. The molecule has 2 aromatic rings. The lowest BCUT2D eigenvalue weighted by molar-refractivity contribution is -0.133. The molecular formula is C21H25N3O2. The minimum absolute atomic E-state index is 0.106. The molecule has 5 heteroatoms. The smallest absolute Gasteiger partial charge is 0.219 e. The van der Waals surface area contributed by atoms with Crippen LogP contribution in [0.1, 0.15) is 30.9 Å². The fourth-order valence-corrected chi connectivity index (χ4v) is 4.12. The summed E-state index contributed by atoms with van der Waals surface area (Å²) in [7, 11) is 0. The number of hydrogen-bond acceptors (Lipinski definition) is 4. The molecule has 0 unspecified atom stereocenters. The van der Waals surface area contributed by atoms with Gasteiger partial charge in [0.25, 0.3) is 0 Å². The Hall–Kier alpha value is -2.40. The molecule has 1 aromatic heterocycles. The van der Waals surface area contributed by atoms with Gasteiger partial charge in [-0.25, -0.2) is 0 Å². The van der Waals surface area contributed by atoms with Crippen molar-refractivity contribution in [3.8, 4) is 5.75 Å². The van der Waals surface area contributed by atoms with Gasteiger partial charge in [0.2, 0.25) is 5.91 Å². The quantitative estimate of drug-likeness (QED) is 0.835. The zero-order valence-corrected chi connectivity index (χ0v) is 15.2. The highest BCUT2D eigenvalue weighted by atomic mass is 16.5. The van der Waals surface area contributed by atoms with Crippen LogP contribution in [0.4, 0.5) is 0 Å². The van der Waals surface area contributed by atoms with Crippen molar-refractivity contribution in [3.63, 3.8) is 0 Å². The van der Waals surface area contributed by atoms with E-state index in [-0.39, 0.29) is 11.5 Å². The van der Waals surface area contributed by atoms with Crippen LogP contribution in [0.5, 0.6) is 5.75 Å². The molecule has 0 saturated carbocycles. The van der Waals surface area contributed by atoms with Crippen LogP contribution < -0.4 is 4.74 Å². The number of carbonyl (C=O) groups excluding carboxylic acids is 1. The van der Waals surface area contributed by atoms with Crippen molar-refractivity contribution >= 4 is 5.91 Å². The van der Waals surface area contributed by atoms with E-state index in [1.807, 2.05) is 35.4 Å². The molecule has 2 aliphatic rings. The molecule has 4 rings (SSSR count). The lowest BCUT2D eigenvalue weighted by Gasteiger charge is -2.43. The summed E-state index contributed by atoms with van der Waals surface area (Å²) in [6, 6.07) is 12.2. The molecule has 0 bridgehead atoms. The van der Waals surface area contributed by atoms with E-state index < -0.39 is 0 Å². The van der Waals surface area contributed by atoms with Crippen molar-refractivity contribution < 1.29 is 9.53 Å². The fourth-order valence-electron chi connectivity index (χ4n) is 4.12. The average Bonchev–Trinajstić information content (AvgIpc) is 2.79. The summed E-state index contributed by atoms with van der Waals surface area (Å²) in [5.74, 6) is 1.02. The van der Waals surface area contributed by atoms with Crippen LogP contribution in [0.25, 0.3) is 0 Å². The molecule has 3 heterocycles. The van der Waals surface area contributed by atoms with Crippen LogP contribution in [0.3, 0.4) is 0 Å². The number of likely N-dealkylation sites (tertiary alicyclic amines) is 1. The zero-order chi connectivity index (χ0) is 18.0. The Balaban J connectivity index is 1.59. The highest BCUT2D eigenvalue weighted by molar-refractivity contribution is 5.73. The van der Waals surface area contributed by atoms with Gasteiger partial charge in [-0.15, -0.1) is 0 Å². The van der Waals surface area contributed by atoms with Crippen LogP contribution in [-0.4, -0.2) is 45.9 Å². The van der Waals surface area contributed by atoms with Gasteiger partial charge < -0.3 is 9.64 Å². The number of carbonyl (C=O) groups is 1. The molecule has 1 fully saturated rings. The first-order valence-corrected chi connectivity index (χ1v) is 9.27. The molecule has 0 N–H and O–H groups in total. The third kappa shape index (κ3) is 3.58. The molecule has 1 amide bonds. The summed E-state index contributed by atoms with van der Waals surface area (Å²) in [6.45, 7) is 5.64. The van der Waals surface area contributed by atoms with E-state index in [0.29, 0.717) is 13.1 Å². The first-order chi connectivity index (χ1) is 12.6. The average molecular weight is 351 g/mol. The van der Waals surface area contributed by atoms with E-state index in [2.05, 4.69) is 22.0 Å². The Morgan fingerprint density at radius 2 is 2.12 bits per heavy atom. The number of piperidine rings is 1. The second-order valence-corrected chi connectivity index (χ2v) is 7.44. The second-order valence-electron chi connectivity index (χ2n) is 7.44. The van der Waals surface area contributed by atoms with Crippen LogP contribution in [0, 0.1) is 0 Å². The first-order valence-electron chi connectivity index (χ1n) is 9.27. The molecule has 1 saturated heterocycles. The number of aromatic nitrogens is 1. The van der Waals surface area contributed by atoms with Gasteiger partial charge in [0.1, 0.15) is 11.4 Å². The predicted molar refractivity (Wildman–Crippen MR) is 99.6 cm³/mol. The standard InChI is InChI=1S/C21H25N3O2/c1-17(25)24-14-19-7-2-3-8-20(19)26-21(16-24)9-5-11-23(15-21)13-18-6-4-10-22-12-18/h2-4,6-8,10,12H,5,9,11,13-16H2,1H3/t21-/m0/s1. The van der Waals surface area contributed by atoms with Gasteiger partial charge in [0.05, 0.1) is 6.54 Å². The Labute approximate surface area is 154 Å². The van der Waals surface area contributed by atoms with Crippen molar-refractivity contribution in [2.75, 3.05) is 19.6 Å². The van der Waals surface area contributed by atoms with Crippen LogP contribution >= 0.6 is 0 Å². The van der Waals surface area contributed by atoms with Gasteiger partial charge in [0.15, 0.2) is 0 Å². The Kier molecular flexibility index (Phi) is 4.64. The maximum absolute atomic E-state index is 12.2. The van der Waals surface area contributed by atoms with Gasteiger partial charge in [-0.2, -0.15) is 0 Å². The number of rotatable bonds is 2. The molecule has 26 heavy (non-hydrogen) atoms. The van der Waals surface area contributed by atoms with E-state index >= 15 is 0 Å². The Morgan fingerprint density at radius 1 is 1.23 bits per heavy atom. The Morgan fingerprint density at radius 3 is 2.92 bits per heavy atom. The Bertz CT molecular complexity index is 780. The molecule has 0 aliphatic carbocycles. The summed E-state index contributed by atoms with van der Waals surface area (Å²) >= 11 is 0. The van der Waals surface area contributed by atoms with E-state index in [9.17, 15) is 4.79 Å². The predicted octanol–water partition coefficient (Wildman–Crippen LogP) is 2.86. The second kappa shape index (κ2) is 7.08. The van der Waals surface area contributed by atoms with Crippen LogP contribution in [0.2, 0.25) is 0 Å². The van der Waals surface area contributed by atoms with Crippen molar-refractivity contribution in [1.82, 2.24) is 14.8 Å². The fraction of sp³-hybridized carbons (Fsp3) is 0.429. The lowest BCUT2D eigenvalue weighted by atomic mass is 9.91. The summed E-state index contributed by atoms with van der Waals surface area (Å²) < 4.78 is 6.58. The topological polar surface area (TPSA) is 45.7 Å². The van der Waals surface area contributed by atoms with E-state index in [4.69, 9.17) is 4.74 Å². The van der Waals surface area contributed by atoms with Crippen LogP contribution in [-0.2, 0) is 17.9 Å². The lowest BCUT2D eigenvalue weighted by Crippen LogP contribution is -2.57. The summed E-state index contributed by atoms with van der Waals surface area (Å²) in [4.78, 5) is 20.8. The van der Waals surface area contributed by atoms with Gasteiger partial charge in [-0.05, 0) is 37.1 Å². The van der Waals surface area contributed by atoms with Gasteiger partial charge in [0, 0.05) is 44.5 Å². The third-order valence-corrected chi connectivity index (χ3v) is 5.33. The molecule has 136 valence electrons. The van der Waals surface area contributed by atoms with E-state index in [0.717, 1.165) is 43.8 Å². The third-order valence-electron chi connectivity index (χ3n) is 5.33. The number of fused-ring (bicyclic) bond motifs is 1. The maximum Gasteiger partial charge on any atom is 0.219 e. The zero-order valence-electron chi connectivity index (χ0n) is 15.2. The highest BCUT2D eigenvalue weighted by Gasteiger charge is 2.42. The SMILES string of the molecule is CC(=O)N1Cc2ccccc2O[C@]2(CCCN(Cc3cccnc3)C2)C1. The maximum atomic E-state index is 12.2. The van der Waals surface area contributed by atoms with E-state index in [1.165, 1.54) is 5.56 Å². The number of para-hydroxylation sites is 1. The number of nitrogens with zero attached hydrogens (tertiary/aromatic N) is 3. The largest absolute Gasteiger partial charge is 0.484 e. The van der Waals surface area contributed by atoms with Gasteiger partial charge in [-0.1, -0.05) is 24.3 Å². The number of ether oxygens (including phenoxy) is 1. The van der Waals surface area contributed by atoms with Crippen molar-refractivity contribution in [2.45, 2.75) is 38.5 Å². The molecule has 1 aromatic carbocycles. The minimum atomic E-state index is -0.348. The van der Waals surface area contributed by atoms with Gasteiger partial charge >= 0.3 is 0 Å². The van der Waals surface area contributed by atoms with Crippen LogP contribution in [0.15, 0.2) is 48.8 Å². The van der Waals surface area contributed by atoms with Crippen molar-refractivity contribution in [1.29, 1.82) is 0 Å². The molecule has 5 nitrogen and oxygen atoms in total. The number of pyridine rings is 1. The summed E-state index contributed by atoms with van der Waals surface area (Å²) in [6.07, 6.45) is 5.76. The van der Waals surface area contributed by atoms with Crippen molar-refractivity contribution in [3.05, 3.63) is 59.9 Å². The minimum Gasteiger partial charge on any atom is -0.484 e. The number of benzene rings is 1. The monoisotopic (exact) mass is 351 g/mol. The molecule has 2 aliphatic heterocycles. The molecule has 1 atom stereocenters. The molecule has 0 radical (unpaired) electrons. The van der Waals surface area contributed by atoms with Crippen molar-refractivity contribution in [2.24, 2.45) is 0 Å². The number of amides is 1. The first kappa shape index (κ1) is 17.0. The molecule has 1 spiro atoms.